The average molecular weight is 343 g/mol. The molecular weight excluding hydrogens is 318 g/mol. The van der Waals surface area contributed by atoms with Crippen molar-refractivity contribution in [2.75, 3.05) is 19.0 Å². The van der Waals surface area contributed by atoms with Gasteiger partial charge >= 0.3 is 0 Å². The van der Waals surface area contributed by atoms with Gasteiger partial charge in [-0.1, -0.05) is 12.1 Å². The van der Waals surface area contributed by atoms with Crippen LogP contribution in [0.3, 0.4) is 0 Å². The van der Waals surface area contributed by atoms with E-state index in [1.54, 1.807) is 7.11 Å². The molecular formula is C19H25N3O3. The highest BCUT2D eigenvalue weighted by atomic mass is 16.5. The van der Waals surface area contributed by atoms with E-state index in [4.69, 9.17) is 9.47 Å². The summed E-state index contributed by atoms with van der Waals surface area (Å²) in [6.45, 7) is 3.27. The van der Waals surface area contributed by atoms with Crippen molar-refractivity contribution >= 4 is 11.7 Å². The minimum atomic E-state index is -0.0252. The fraction of sp³-hybridized carbons (Fsp3) is 0.474. The first-order valence-electron chi connectivity index (χ1n) is 8.73. The van der Waals surface area contributed by atoms with Crippen LogP contribution in [-0.2, 0) is 16.1 Å². The van der Waals surface area contributed by atoms with Gasteiger partial charge in [-0.25, -0.2) is 4.68 Å². The monoisotopic (exact) mass is 343 g/mol. The van der Waals surface area contributed by atoms with Gasteiger partial charge < -0.3 is 14.8 Å². The zero-order valence-electron chi connectivity index (χ0n) is 14.8. The first-order valence-corrected chi connectivity index (χ1v) is 8.73. The van der Waals surface area contributed by atoms with Crippen molar-refractivity contribution in [2.45, 2.75) is 45.3 Å². The van der Waals surface area contributed by atoms with Gasteiger partial charge in [0.05, 0.1) is 31.9 Å². The molecule has 0 radical (unpaired) electrons. The topological polar surface area (TPSA) is 65.4 Å². The Kier molecular flexibility index (Phi) is 5.71. The molecule has 1 atom stereocenters. The molecule has 6 nitrogen and oxygen atoms in total. The first kappa shape index (κ1) is 17.5. The molecule has 1 amide bonds. The second kappa shape index (κ2) is 8.16. The van der Waals surface area contributed by atoms with E-state index in [1.807, 2.05) is 41.9 Å². The maximum absolute atomic E-state index is 12.3. The summed E-state index contributed by atoms with van der Waals surface area (Å²) in [5, 5.41) is 7.47. The number of nitrogens with one attached hydrogen (secondary N) is 1. The van der Waals surface area contributed by atoms with Crippen LogP contribution in [0.25, 0.3) is 0 Å². The summed E-state index contributed by atoms with van der Waals surface area (Å²) in [7, 11) is 1.65. The van der Waals surface area contributed by atoms with E-state index < -0.39 is 0 Å². The normalized spacial score (nSPS) is 17.3. The molecule has 134 valence electrons. The smallest absolute Gasteiger partial charge is 0.228 e. The molecule has 2 heterocycles. The number of hydrogen-bond acceptors (Lipinski definition) is 4. The predicted molar refractivity (Wildman–Crippen MR) is 95.9 cm³/mol. The summed E-state index contributed by atoms with van der Waals surface area (Å²) < 4.78 is 12.6. The zero-order valence-corrected chi connectivity index (χ0v) is 14.8. The SMILES string of the molecule is COc1ccc(Cn2nc(C)cc2NC(=O)C[C@H]2CCCCO2)cc1. The van der Waals surface area contributed by atoms with E-state index in [0.717, 1.165) is 42.9 Å². The van der Waals surface area contributed by atoms with Crippen LogP contribution in [0, 0.1) is 6.92 Å². The summed E-state index contributed by atoms with van der Waals surface area (Å²) in [5.41, 5.74) is 1.97. The molecule has 1 aromatic heterocycles. The molecule has 1 N–H and O–H groups in total. The number of hydrogen-bond donors (Lipinski definition) is 1. The second-order valence-electron chi connectivity index (χ2n) is 6.42. The third-order valence-corrected chi connectivity index (χ3v) is 4.35. The van der Waals surface area contributed by atoms with Crippen LogP contribution in [0.2, 0.25) is 0 Å². The lowest BCUT2D eigenvalue weighted by molar-refractivity contribution is -0.119. The molecule has 25 heavy (non-hydrogen) atoms. The van der Waals surface area contributed by atoms with Crippen LogP contribution < -0.4 is 10.1 Å². The van der Waals surface area contributed by atoms with Gasteiger partial charge in [-0.05, 0) is 43.9 Å². The minimum absolute atomic E-state index is 0.0252. The quantitative estimate of drug-likeness (QED) is 0.875. The number of aromatic nitrogens is 2. The Morgan fingerprint density at radius 1 is 1.36 bits per heavy atom. The van der Waals surface area contributed by atoms with E-state index >= 15 is 0 Å². The largest absolute Gasteiger partial charge is 0.497 e. The number of carbonyl (C=O) groups is 1. The van der Waals surface area contributed by atoms with E-state index in [0.29, 0.717) is 18.8 Å². The highest BCUT2D eigenvalue weighted by Gasteiger charge is 2.19. The van der Waals surface area contributed by atoms with Crippen molar-refractivity contribution in [2.24, 2.45) is 0 Å². The molecule has 1 saturated heterocycles. The van der Waals surface area contributed by atoms with Gasteiger partial charge in [-0.15, -0.1) is 0 Å². The molecule has 0 saturated carbocycles. The highest BCUT2D eigenvalue weighted by molar-refractivity contribution is 5.90. The molecule has 1 fully saturated rings. The van der Waals surface area contributed by atoms with E-state index in [9.17, 15) is 4.79 Å². The van der Waals surface area contributed by atoms with Gasteiger partial charge in [0.2, 0.25) is 5.91 Å². The van der Waals surface area contributed by atoms with Crippen LogP contribution in [-0.4, -0.2) is 35.5 Å². The maximum atomic E-state index is 12.3. The summed E-state index contributed by atoms with van der Waals surface area (Å²) in [6.07, 6.45) is 3.61. The number of methoxy groups -OCH3 is 1. The van der Waals surface area contributed by atoms with Gasteiger partial charge in [-0.2, -0.15) is 5.10 Å². The molecule has 0 spiro atoms. The Labute approximate surface area is 148 Å². The number of anilines is 1. The van der Waals surface area contributed by atoms with Crippen LogP contribution >= 0.6 is 0 Å². The van der Waals surface area contributed by atoms with Crippen molar-refractivity contribution in [3.8, 4) is 5.75 Å². The van der Waals surface area contributed by atoms with Crippen LogP contribution in [0.4, 0.5) is 5.82 Å². The highest BCUT2D eigenvalue weighted by Crippen LogP contribution is 2.19. The van der Waals surface area contributed by atoms with Gasteiger partial charge in [0.25, 0.3) is 0 Å². The standard InChI is InChI=1S/C19H25N3O3/c1-14-11-18(20-19(23)12-17-5-3-4-10-25-17)22(21-14)13-15-6-8-16(24-2)9-7-15/h6-9,11,17H,3-5,10,12-13H2,1-2H3,(H,20,23)/t17-/m1/s1. The molecule has 3 rings (SSSR count). The molecule has 6 heteroatoms. The number of amides is 1. The Morgan fingerprint density at radius 3 is 2.84 bits per heavy atom. The van der Waals surface area contributed by atoms with Crippen molar-refractivity contribution < 1.29 is 14.3 Å². The third-order valence-electron chi connectivity index (χ3n) is 4.35. The number of nitrogens with zero attached hydrogens (tertiary/aromatic N) is 2. The van der Waals surface area contributed by atoms with Gasteiger partial charge in [0.1, 0.15) is 11.6 Å². The maximum Gasteiger partial charge on any atom is 0.228 e. The van der Waals surface area contributed by atoms with Crippen molar-refractivity contribution in [1.82, 2.24) is 9.78 Å². The Balaban J connectivity index is 1.64. The molecule has 1 aliphatic rings. The lowest BCUT2D eigenvalue weighted by Crippen LogP contribution is -2.26. The van der Waals surface area contributed by atoms with Crippen molar-refractivity contribution in [1.29, 1.82) is 0 Å². The number of ether oxygens (including phenoxy) is 2. The van der Waals surface area contributed by atoms with Gasteiger partial charge in [0, 0.05) is 12.7 Å². The predicted octanol–water partition coefficient (Wildman–Crippen LogP) is 3.15. The first-order chi connectivity index (χ1) is 12.1. The summed E-state index contributed by atoms with van der Waals surface area (Å²) in [5.74, 6) is 1.51. The molecule has 1 aliphatic heterocycles. The molecule has 0 unspecified atom stereocenters. The van der Waals surface area contributed by atoms with Crippen molar-refractivity contribution in [3.63, 3.8) is 0 Å². The van der Waals surface area contributed by atoms with Crippen molar-refractivity contribution in [3.05, 3.63) is 41.6 Å². The molecule has 2 aromatic rings. The number of aryl methyl sites for hydroxylation is 1. The van der Waals surface area contributed by atoms with Crippen LogP contribution in [0.1, 0.15) is 36.9 Å². The fourth-order valence-corrected chi connectivity index (χ4v) is 3.04. The molecule has 1 aromatic carbocycles. The molecule has 0 bridgehead atoms. The summed E-state index contributed by atoms with van der Waals surface area (Å²) in [4.78, 5) is 12.3. The molecule has 0 aliphatic carbocycles. The van der Waals surface area contributed by atoms with E-state index in [1.165, 1.54) is 0 Å². The third kappa shape index (κ3) is 4.82. The Morgan fingerprint density at radius 2 is 2.16 bits per heavy atom. The summed E-state index contributed by atoms with van der Waals surface area (Å²) in [6, 6.07) is 9.73. The number of rotatable bonds is 6. The van der Waals surface area contributed by atoms with E-state index in [2.05, 4.69) is 10.4 Å². The average Bonchev–Trinajstić information content (AvgIpc) is 2.95. The van der Waals surface area contributed by atoms with Crippen LogP contribution in [0.5, 0.6) is 5.75 Å². The van der Waals surface area contributed by atoms with Gasteiger partial charge in [0.15, 0.2) is 0 Å². The summed E-state index contributed by atoms with van der Waals surface area (Å²) >= 11 is 0. The Bertz CT molecular complexity index is 703. The van der Waals surface area contributed by atoms with E-state index in [-0.39, 0.29) is 12.0 Å². The Hall–Kier alpha value is -2.34. The fourth-order valence-electron chi connectivity index (χ4n) is 3.04. The number of carbonyl (C=O) groups excluding carboxylic acids is 1. The van der Waals surface area contributed by atoms with Gasteiger partial charge in [-0.3, -0.25) is 4.79 Å². The lowest BCUT2D eigenvalue weighted by Gasteiger charge is -2.22. The van der Waals surface area contributed by atoms with Crippen LogP contribution in [0.15, 0.2) is 30.3 Å². The lowest BCUT2D eigenvalue weighted by atomic mass is 10.1. The minimum Gasteiger partial charge on any atom is -0.497 e. The zero-order chi connectivity index (χ0) is 17.6. The second-order valence-corrected chi connectivity index (χ2v) is 6.42. The number of benzene rings is 1.